The Kier molecular flexibility index (Phi) is 9.94. The molecular weight excluding hydrogens is 512 g/mol. The second-order valence-corrected chi connectivity index (χ2v) is 7.26. The lowest BCUT2D eigenvalue weighted by Crippen LogP contribution is -2.56. The fraction of sp³-hybridized carbons (Fsp3) is 0.182. The second-order valence-electron chi connectivity index (χ2n) is 7.26. The highest BCUT2D eigenvalue weighted by Crippen LogP contribution is 2.27. The van der Waals surface area contributed by atoms with Gasteiger partial charge in [0.25, 0.3) is 0 Å². The van der Waals surface area contributed by atoms with Gasteiger partial charge in [-0.05, 0) is 18.2 Å². The molecule has 0 heterocycles. The Morgan fingerprint density at radius 3 is 1.74 bits per heavy atom. The number of carboxylic acids is 2. The van der Waals surface area contributed by atoms with Crippen molar-refractivity contribution in [3.05, 3.63) is 59.7 Å². The molecule has 202 valence electrons. The minimum Gasteiger partial charge on any atom is -0.480 e. The highest BCUT2D eigenvalue weighted by atomic mass is 16.5. The Morgan fingerprint density at radius 2 is 1.21 bits per heavy atom. The molecule has 0 aliphatic carbocycles. The summed E-state index contributed by atoms with van der Waals surface area (Å²) >= 11 is 0. The van der Waals surface area contributed by atoms with Crippen LogP contribution >= 0.6 is 0 Å². The average molecular weight is 534 g/mol. The number of aliphatic carboxylic acids is 1. The quantitative estimate of drug-likeness (QED) is 0.143. The molecule has 2 rings (SSSR count). The van der Waals surface area contributed by atoms with Gasteiger partial charge < -0.3 is 41.3 Å². The van der Waals surface area contributed by atoms with E-state index in [0.717, 1.165) is 24.3 Å². The fourth-order valence-corrected chi connectivity index (χ4v) is 3.06. The van der Waals surface area contributed by atoms with Crippen molar-refractivity contribution in [1.29, 1.82) is 0 Å². The maximum Gasteiger partial charge on any atom is 0.337 e. The minimum absolute atomic E-state index is 0.00607. The number of urea groups is 2. The molecule has 0 aliphatic heterocycles. The van der Waals surface area contributed by atoms with Gasteiger partial charge in [0, 0.05) is 5.56 Å². The smallest absolute Gasteiger partial charge is 0.337 e. The number of nitrogens with zero attached hydrogens (tertiary/aromatic N) is 2. The summed E-state index contributed by atoms with van der Waals surface area (Å²) in [6, 6.07) is 6.04. The Bertz CT molecular complexity index is 1250. The largest absolute Gasteiger partial charge is 0.480 e. The summed E-state index contributed by atoms with van der Waals surface area (Å²) in [5.74, 6) is -6.87. The van der Waals surface area contributed by atoms with Crippen LogP contribution in [0.2, 0.25) is 0 Å². The highest BCUT2D eigenvalue weighted by Gasteiger charge is 2.39. The van der Waals surface area contributed by atoms with Crippen LogP contribution in [0.25, 0.3) is 0 Å². The summed E-state index contributed by atoms with van der Waals surface area (Å²) in [6.45, 7) is -1.88. The number of benzene rings is 2. The number of anilines is 2. The van der Waals surface area contributed by atoms with Crippen molar-refractivity contribution in [3.63, 3.8) is 0 Å². The van der Waals surface area contributed by atoms with Gasteiger partial charge in [-0.2, -0.15) is 0 Å². The number of hydrogen-bond donors (Lipinski definition) is 8. The van der Waals surface area contributed by atoms with Crippen molar-refractivity contribution in [3.8, 4) is 0 Å². The number of rotatable bonds is 8. The van der Waals surface area contributed by atoms with Crippen LogP contribution in [0.1, 0.15) is 22.2 Å². The van der Waals surface area contributed by atoms with Gasteiger partial charge in [0.15, 0.2) is 12.6 Å². The maximum absolute atomic E-state index is 13.4. The van der Waals surface area contributed by atoms with Gasteiger partial charge >= 0.3 is 35.8 Å². The first-order chi connectivity index (χ1) is 17.9. The van der Waals surface area contributed by atoms with Gasteiger partial charge in [0.2, 0.25) is 0 Å². The van der Waals surface area contributed by atoms with E-state index in [1.165, 1.54) is 24.3 Å². The van der Waals surface area contributed by atoms with E-state index >= 15 is 0 Å². The van der Waals surface area contributed by atoms with Gasteiger partial charge in [-0.1, -0.05) is 30.3 Å². The predicted molar refractivity (Wildman–Crippen MR) is 125 cm³/mol. The molecule has 6 amide bonds. The van der Waals surface area contributed by atoms with Crippen molar-refractivity contribution >= 4 is 47.2 Å². The minimum atomic E-state index is -2.27. The first-order valence-corrected chi connectivity index (χ1v) is 10.5. The summed E-state index contributed by atoms with van der Waals surface area (Å²) in [5, 5.41) is 59.6. The Morgan fingerprint density at radius 1 is 0.711 bits per heavy atom. The van der Waals surface area contributed by atoms with Crippen LogP contribution in [0.5, 0.6) is 0 Å². The third-order valence-electron chi connectivity index (χ3n) is 4.65. The molecule has 0 radical (unpaired) electrons. The molecule has 0 aromatic heterocycles. The molecular formula is C22H22N4O12. The van der Waals surface area contributed by atoms with Gasteiger partial charge in [0.1, 0.15) is 6.54 Å². The van der Waals surface area contributed by atoms with Gasteiger partial charge in [-0.15, -0.1) is 0 Å². The number of para-hydroxylation sites is 2. The van der Waals surface area contributed by atoms with Crippen LogP contribution in [-0.2, 0) is 14.4 Å². The van der Waals surface area contributed by atoms with Crippen LogP contribution in [0, 0.1) is 0 Å². The van der Waals surface area contributed by atoms with E-state index in [4.69, 9.17) is 15.3 Å². The lowest BCUT2D eigenvalue weighted by atomic mass is 10.1. The van der Waals surface area contributed by atoms with Gasteiger partial charge in [-0.3, -0.25) is 14.4 Å². The third-order valence-corrected chi connectivity index (χ3v) is 4.65. The van der Waals surface area contributed by atoms with Crippen molar-refractivity contribution in [1.82, 2.24) is 10.6 Å². The first-order valence-electron chi connectivity index (χ1n) is 10.5. The van der Waals surface area contributed by atoms with Gasteiger partial charge in [-0.25, -0.2) is 24.2 Å². The molecule has 2 aromatic rings. The van der Waals surface area contributed by atoms with E-state index in [9.17, 15) is 44.1 Å². The zero-order valence-corrected chi connectivity index (χ0v) is 19.2. The number of aliphatic hydroxyl groups excluding tert-OH is 2. The molecule has 0 unspecified atom stereocenters. The normalized spacial score (nSPS) is 10.6. The van der Waals surface area contributed by atoms with Crippen molar-refractivity contribution < 1.29 is 59.4 Å². The number of carbonyl (C=O) groups is 6. The number of imide groups is 2. The topological polar surface area (TPSA) is 254 Å². The second kappa shape index (κ2) is 12.9. The number of amides is 6. The summed E-state index contributed by atoms with van der Waals surface area (Å²) in [5.41, 5.74) is -2.34. The molecule has 0 saturated heterocycles. The molecule has 0 bridgehead atoms. The average Bonchev–Trinajstić information content (AvgIpc) is 2.86. The molecule has 0 saturated carbocycles. The molecule has 8 N–H and O–H groups in total. The van der Waals surface area contributed by atoms with Crippen LogP contribution in [0.3, 0.4) is 0 Å². The zero-order valence-electron chi connectivity index (χ0n) is 19.2. The molecule has 0 spiro atoms. The third kappa shape index (κ3) is 7.08. The Balaban J connectivity index is 2.67. The van der Waals surface area contributed by atoms with Crippen LogP contribution < -0.4 is 20.4 Å². The number of carbonyl (C=O) groups excluding carboxylic acids is 4. The summed E-state index contributed by atoms with van der Waals surface area (Å²) < 4.78 is 0. The van der Waals surface area contributed by atoms with E-state index in [1.807, 2.05) is 10.6 Å². The highest BCUT2D eigenvalue weighted by molar-refractivity contribution is 6.52. The molecule has 0 atom stereocenters. The summed E-state index contributed by atoms with van der Waals surface area (Å²) in [4.78, 5) is 75.1. The predicted octanol–water partition coefficient (Wildman–Crippen LogP) is -1.45. The number of aliphatic hydroxyl groups is 4. The number of nitrogens with one attached hydrogen (secondary N) is 2. The first kappa shape index (κ1) is 29.3. The molecule has 0 fully saturated rings. The molecule has 0 aliphatic rings. The maximum atomic E-state index is 13.4. The van der Waals surface area contributed by atoms with Crippen molar-refractivity contribution in [2.24, 2.45) is 0 Å². The monoisotopic (exact) mass is 534 g/mol. The molecule has 38 heavy (non-hydrogen) atoms. The van der Waals surface area contributed by atoms with E-state index in [1.54, 1.807) is 0 Å². The molecule has 16 heteroatoms. The van der Waals surface area contributed by atoms with E-state index < -0.39 is 84.0 Å². The van der Waals surface area contributed by atoms with Crippen LogP contribution in [-0.4, -0.2) is 85.8 Å². The molecule has 2 aromatic carbocycles. The SMILES string of the molecule is O=C(O)CNC(=O)N(C(=O)C(=O)N(C(=O)NCC(O)O)c1ccccc1C(O)O)c1ccccc1C(=O)O. The number of aromatic carboxylic acids is 1. The number of hydrogen-bond acceptors (Lipinski definition) is 10. The van der Waals surface area contributed by atoms with E-state index in [-0.39, 0.29) is 9.80 Å². The summed E-state index contributed by atoms with van der Waals surface area (Å²) in [7, 11) is 0. The zero-order chi connectivity index (χ0) is 28.6. The molecule has 16 nitrogen and oxygen atoms in total. The van der Waals surface area contributed by atoms with Gasteiger partial charge in [0.05, 0.1) is 23.5 Å². The van der Waals surface area contributed by atoms with Crippen molar-refractivity contribution in [2.75, 3.05) is 22.9 Å². The lowest BCUT2D eigenvalue weighted by molar-refractivity contribution is -0.136. The standard InChI is InChI=1S/C22H22N4O12/c27-15(28)9-23-21(37)25(13-7-3-1-5-11(13)19(33)34)17(31)18(32)26(22(38)24-10-16(29)30)14-8-4-2-6-12(14)20(35)36/h1-8,15,19,27-28,33-34H,9-10H2,(H,23,37)(H,24,38)(H,29,30)(H,35,36). The lowest BCUT2D eigenvalue weighted by Gasteiger charge is -2.27. The Labute approximate surface area is 212 Å². The fourth-order valence-electron chi connectivity index (χ4n) is 3.06. The Hall–Kier alpha value is -4.90. The van der Waals surface area contributed by atoms with Crippen LogP contribution in [0.15, 0.2) is 48.5 Å². The van der Waals surface area contributed by atoms with E-state index in [0.29, 0.717) is 0 Å². The van der Waals surface area contributed by atoms with Crippen molar-refractivity contribution in [2.45, 2.75) is 12.6 Å². The van der Waals surface area contributed by atoms with Crippen LogP contribution in [0.4, 0.5) is 21.0 Å². The van der Waals surface area contributed by atoms with E-state index in [2.05, 4.69) is 0 Å². The summed E-state index contributed by atoms with van der Waals surface area (Å²) in [6.07, 6.45) is -4.36. The number of carboxylic acid groups (broad SMARTS) is 2.